The van der Waals surface area contributed by atoms with Gasteiger partial charge in [-0.1, -0.05) is 5.16 Å². The number of carbonyl (C=O) groups excluding carboxylic acids is 1. The number of oxime groups is 1. The third-order valence-corrected chi connectivity index (χ3v) is 2.80. The number of rotatable bonds is 2. The lowest BCUT2D eigenvalue weighted by Gasteiger charge is -2.25. The first-order valence-electron chi connectivity index (χ1n) is 4.74. The van der Waals surface area contributed by atoms with E-state index in [2.05, 4.69) is 9.89 Å². The molecule has 5 heteroatoms. The van der Waals surface area contributed by atoms with E-state index in [0.717, 1.165) is 25.7 Å². The van der Waals surface area contributed by atoms with Gasteiger partial charge in [0.2, 0.25) is 0 Å². The van der Waals surface area contributed by atoms with Crippen LogP contribution in [-0.2, 0) is 9.53 Å². The van der Waals surface area contributed by atoms with Crippen molar-refractivity contribution >= 4 is 11.8 Å². The van der Waals surface area contributed by atoms with E-state index in [1.165, 1.54) is 7.11 Å². The van der Waals surface area contributed by atoms with E-state index in [4.69, 9.17) is 10.9 Å². The second-order valence-electron chi connectivity index (χ2n) is 3.60. The summed E-state index contributed by atoms with van der Waals surface area (Å²) in [5.74, 6) is 0.222. The van der Waals surface area contributed by atoms with Crippen LogP contribution in [0.5, 0.6) is 0 Å². The SMILES string of the molecule is COC(=O)[C@H]1CC[C@@H](/C(N)=N/O)CC1. The van der Waals surface area contributed by atoms with Crippen molar-refractivity contribution in [2.45, 2.75) is 25.7 Å². The van der Waals surface area contributed by atoms with Crippen LogP contribution in [0.4, 0.5) is 0 Å². The van der Waals surface area contributed by atoms with Crippen molar-refractivity contribution < 1.29 is 14.7 Å². The largest absolute Gasteiger partial charge is 0.469 e. The van der Waals surface area contributed by atoms with Gasteiger partial charge in [0, 0.05) is 5.92 Å². The van der Waals surface area contributed by atoms with Gasteiger partial charge in [-0.15, -0.1) is 0 Å². The predicted molar refractivity (Wildman–Crippen MR) is 50.9 cm³/mol. The lowest BCUT2D eigenvalue weighted by Crippen LogP contribution is -2.30. The third-order valence-electron chi connectivity index (χ3n) is 2.80. The topological polar surface area (TPSA) is 84.9 Å². The van der Waals surface area contributed by atoms with E-state index in [9.17, 15) is 4.79 Å². The molecule has 0 aliphatic heterocycles. The van der Waals surface area contributed by atoms with Crippen molar-refractivity contribution in [3.63, 3.8) is 0 Å². The first-order valence-corrected chi connectivity index (χ1v) is 4.74. The molecule has 1 saturated carbocycles. The summed E-state index contributed by atoms with van der Waals surface area (Å²) >= 11 is 0. The molecule has 1 aliphatic carbocycles. The zero-order valence-corrected chi connectivity index (χ0v) is 8.27. The van der Waals surface area contributed by atoms with Crippen LogP contribution >= 0.6 is 0 Å². The molecular weight excluding hydrogens is 184 g/mol. The summed E-state index contributed by atoms with van der Waals surface area (Å²) in [6.45, 7) is 0. The van der Waals surface area contributed by atoms with E-state index in [0.29, 0.717) is 0 Å². The summed E-state index contributed by atoms with van der Waals surface area (Å²) in [7, 11) is 1.40. The van der Waals surface area contributed by atoms with Crippen molar-refractivity contribution in [3.8, 4) is 0 Å². The first kappa shape index (κ1) is 10.8. The van der Waals surface area contributed by atoms with Crippen molar-refractivity contribution in [2.24, 2.45) is 22.7 Å². The molecule has 1 aliphatic rings. The van der Waals surface area contributed by atoms with Gasteiger partial charge in [0.15, 0.2) is 0 Å². The first-order chi connectivity index (χ1) is 6.69. The summed E-state index contributed by atoms with van der Waals surface area (Å²) in [6, 6.07) is 0. The molecule has 0 unspecified atom stereocenters. The lowest BCUT2D eigenvalue weighted by molar-refractivity contribution is -0.146. The van der Waals surface area contributed by atoms with Crippen LogP contribution in [-0.4, -0.2) is 24.1 Å². The van der Waals surface area contributed by atoms with Crippen LogP contribution in [0.1, 0.15) is 25.7 Å². The van der Waals surface area contributed by atoms with E-state index in [-0.39, 0.29) is 23.6 Å². The van der Waals surface area contributed by atoms with Crippen molar-refractivity contribution in [2.75, 3.05) is 7.11 Å². The molecule has 3 N–H and O–H groups in total. The summed E-state index contributed by atoms with van der Waals surface area (Å²) in [4.78, 5) is 11.2. The molecule has 1 fully saturated rings. The summed E-state index contributed by atoms with van der Waals surface area (Å²) in [5.41, 5.74) is 5.49. The quantitative estimate of drug-likeness (QED) is 0.226. The fourth-order valence-electron chi connectivity index (χ4n) is 1.87. The van der Waals surface area contributed by atoms with Crippen molar-refractivity contribution in [1.82, 2.24) is 0 Å². The predicted octanol–water partition coefficient (Wildman–Crippen LogP) is 0.712. The molecule has 0 aromatic heterocycles. The average Bonchev–Trinajstić information content (AvgIpc) is 2.27. The highest BCUT2D eigenvalue weighted by molar-refractivity contribution is 5.82. The van der Waals surface area contributed by atoms with Gasteiger partial charge in [0.1, 0.15) is 5.84 Å². The summed E-state index contributed by atoms with van der Waals surface area (Å²) in [6.07, 6.45) is 3.09. The molecule has 0 heterocycles. The fraction of sp³-hybridized carbons (Fsp3) is 0.778. The molecule has 5 nitrogen and oxygen atoms in total. The van der Waals surface area contributed by atoms with Gasteiger partial charge in [0.25, 0.3) is 0 Å². The Kier molecular flexibility index (Phi) is 3.73. The van der Waals surface area contributed by atoms with Crippen molar-refractivity contribution in [1.29, 1.82) is 0 Å². The number of amidine groups is 1. The summed E-state index contributed by atoms with van der Waals surface area (Å²) < 4.78 is 4.66. The number of esters is 1. The minimum Gasteiger partial charge on any atom is -0.469 e. The zero-order valence-electron chi connectivity index (χ0n) is 8.27. The Bertz CT molecular complexity index is 232. The molecule has 0 amide bonds. The molecule has 0 radical (unpaired) electrons. The molecule has 0 spiro atoms. The number of hydrogen-bond acceptors (Lipinski definition) is 4. The van der Waals surface area contributed by atoms with Crippen LogP contribution in [0.15, 0.2) is 5.16 Å². The molecule has 80 valence electrons. The fourth-order valence-corrected chi connectivity index (χ4v) is 1.87. The molecule has 14 heavy (non-hydrogen) atoms. The van der Waals surface area contributed by atoms with Gasteiger partial charge in [-0.05, 0) is 25.7 Å². The number of ether oxygens (including phenoxy) is 1. The Hall–Kier alpha value is -1.26. The molecule has 1 rings (SSSR count). The maximum atomic E-state index is 11.2. The minimum atomic E-state index is -0.150. The highest BCUT2D eigenvalue weighted by atomic mass is 16.5. The number of methoxy groups -OCH3 is 1. The third kappa shape index (κ3) is 2.37. The summed E-state index contributed by atoms with van der Waals surface area (Å²) in [5, 5.41) is 11.5. The molecule has 0 bridgehead atoms. The van der Waals surface area contributed by atoms with Gasteiger partial charge >= 0.3 is 5.97 Å². The second kappa shape index (κ2) is 4.83. The Balaban J connectivity index is 2.42. The minimum absolute atomic E-state index is 0.0113. The van der Waals surface area contributed by atoms with Crippen LogP contribution < -0.4 is 5.73 Å². The number of carbonyl (C=O) groups is 1. The lowest BCUT2D eigenvalue weighted by atomic mass is 9.81. The number of nitrogens with zero attached hydrogens (tertiary/aromatic N) is 1. The highest BCUT2D eigenvalue weighted by Gasteiger charge is 2.28. The Morgan fingerprint density at radius 1 is 1.36 bits per heavy atom. The normalized spacial score (nSPS) is 28.5. The number of hydrogen-bond donors (Lipinski definition) is 2. The van der Waals surface area contributed by atoms with Crippen molar-refractivity contribution in [3.05, 3.63) is 0 Å². The maximum Gasteiger partial charge on any atom is 0.308 e. The van der Waals surface area contributed by atoms with Crippen LogP contribution in [0.2, 0.25) is 0 Å². The van der Waals surface area contributed by atoms with Gasteiger partial charge in [-0.25, -0.2) is 0 Å². The van der Waals surface area contributed by atoms with Gasteiger partial charge in [0.05, 0.1) is 13.0 Å². The Morgan fingerprint density at radius 2 is 1.86 bits per heavy atom. The molecular formula is C9H16N2O3. The van der Waals surface area contributed by atoms with E-state index < -0.39 is 0 Å². The zero-order chi connectivity index (χ0) is 10.6. The van der Waals surface area contributed by atoms with Gasteiger partial charge in [-0.2, -0.15) is 0 Å². The van der Waals surface area contributed by atoms with E-state index in [1.54, 1.807) is 0 Å². The average molecular weight is 200 g/mol. The highest BCUT2D eigenvalue weighted by Crippen LogP contribution is 2.29. The monoisotopic (exact) mass is 200 g/mol. The van der Waals surface area contributed by atoms with Crippen LogP contribution in [0.3, 0.4) is 0 Å². The van der Waals surface area contributed by atoms with E-state index in [1.807, 2.05) is 0 Å². The Morgan fingerprint density at radius 3 is 2.29 bits per heavy atom. The van der Waals surface area contributed by atoms with Crippen LogP contribution in [0.25, 0.3) is 0 Å². The molecule has 0 saturated heterocycles. The van der Waals surface area contributed by atoms with Gasteiger partial charge in [-0.3, -0.25) is 4.79 Å². The molecule has 0 aromatic rings. The second-order valence-corrected chi connectivity index (χ2v) is 3.60. The molecule has 0 aromatic carbocycles. The van der Waals surface area contributed by atoms with Crippen LogP contribution in [0, 0.1) is 11.8 Å². The standard InChI is InChI=1S/C9H16N2O3/c1-14-9(12)7-4-2-6(3-5-7)8(10)11-13/h6-7,13H,2-5H2,1H3,(H2,10,11)/t6-,7+. The Labute approximate surface area is 82.9 Å². The van der Waals surface area contributed by atoms with E-state index >= 15 is 0 Å². The maximum absolute atomic E-state index is 11.2. The number of nitrogens with two attached hydrogens (primary N) is 1. The molecule has 0 atom stereocenters. The smallest absolute Gasteiger partial charge is 0.308 e. The van der Waals surface area contributed by atoms with Gasteiger partial charge < -0.3 is 15.7 Å².